The summed E-state index contributed by atoms with van der Waals surface area (Å²) in [5, 5.41) is 2.12. The van der Waals surface area contributed by atoms with E-state index >= 15 is 0 Å². The van der Waals surface area contributed by atoms with Crippen LogP contribution in [0.4, 0.5) is 0 Å². The molecule has 0 radical (unpaired) electrons. The van der Waals surface area contributed by atoms with E-state index in [1.807, 2.05) is 6.20 Å². The van der Waals surface area contributed by atoms with Gasteiger partial charge in [0.1, 0.15) is 5.82 Å². The number of nitrogens with zero attached hydrogens (tertiary/aromatic N) is 2. The summed E-state index contributed by atoms with van der Waals surface area (Å²) in [6.07, 6.45) is 11.1. The lowest BCUT2D eigenvalue weighted by molar-refractivity contribution is 0.320. The quantitative estimate of drug-likeness (QED) is 0.794. The average molecular weight is 246 g/mol. The summed E-state index contributed by atoms with van der Waals surface area (Å²) in [4.78, 5) is 5.78. The van der Waals surface area contributed by atoms with Crippen LogP contribution < -0.4 is 0 Å². The monoisotopic (exact) mass is 246 g/mol. The van der Waals surface area contributed by atoms with Gasteiger partial charge in [-0.2, -0.15) is 0 Å². The van der Waals surface area contributed by atoms with E-state index in [0.29, 0.717) is 0 Å². The van der Waals surface area contributed by atoms with Crippen LogP contribution in [-0.4, -0.2) is 9.55 Å². The predicted octanol–water partition coefficient (Wildman–Crippen LogP) is 4.19. The normalized spacial score (nSPS) is 17.4. The van der Waals surface area contributed by atoms with E-state index in [1.54, 1.807) is 11.3 Å². The first kappa shape index (κ1) is 11.0. The zero-order chi connectivity index (χ0) is 11.5. The average Bonchev–Trinajstić information content (AvgIpc) is 3.00. The number of aromatic nitrogens is 2. The Labute approximate surface area is 106 Å². The summed E-state index contributed by atoms with van der Waals surface area (Å²) < 4.78 is 2.34. The van der Waals surface area contributed by atoms with Crippen molar-refractivity contribution < 1.29 is 0 Å². The van der Waals surface area contributed by atoms with Crippen molar-refractivity contribution in [3.8, 4) is 10.7 Å². The van der Waals surface area contributed by atoms with Gasteiger partial charge in [-0.25, -0.2) is 4.98 Å². The highest BCUT2D eigenvalue weighted by atomic mass is 32.1. The second-order valence-electron chi connectivity index (χ2n) is 4.88. The van der Waals surface area contributed by atoms with Crippen LogP contribution in [0, 0.1) is 5.92 Å². The molecule has 0 N–H and O–H groups in total. The minimum absolute atomic E-state index is 0.858. The molecule has 17 heavy (non-hydrogen) atoms. The summed E-state index contributed by atoms with van der Waals surface area (Å²) in [7, 11) is 0. The first-order valence-electron chi connectivity index (χ1n) is 6.48. The van der Waals surface area contributed by atoms with Gasteiger partial charge in [-0.05, 0) is 30.2 Å². The Balaban J connectivity index is 1.77. The number of hydrogen-bond donors (Lipinski definition) is 0. The molecule has 0 unspecified atom stereocenters. The van der Waals surface area contributed by atoms with Gasteiger partial charge in [-0.3, -0.25) is 0 Å². The fourth-order valence-electron chi connectivity index (χ4n) is 2.74. The Morgan fingerprint density at radius 3 is 2.94 bits per heavy atom. The van der Waals surface area contributed by atoms with Crippen molar-refractivity contribution in [2.24, 2.45) is 5.92 Å². The first-order chi connectivity index (χ1) is 8.43. The molecule has 0 atom stereocenters. The van der Waals surface area contributed by atoms with Gasteiger partial charge < -0.3 is 4.57 Å². The number of imidazole rings is 1. The Hall–Kier alpha value is -1.09. The van der Waals surface area contributed by atoms with Crippen molar-refractivity contribution in [1.29, 1.82) is 0 Å². The van der Waals surface area contributed by atoms with Crippen molar-refractivity contribution in [1.82, 2.24) is 9.55 Å². The van der Waals surface area contributed by atoms with Crippen LogP contribution in [0.5, 0.6) is 0 Å². The van der Waals surface area contributed by atoms with E-state index in [2.05, 4.69) is 33.3 Å². The molecular weight excluding hydrogens is 228 g/mol. The smallest absolute Gasteiger partial charge is 0.149 e. The summed E-state index contributed by atoms with van der Waals surface area (Å²) in [5.74, 6) is 2.00. The van der Waals surface area contributed by atoms with Crippen LogP contribution in [0.15, 0.2) is 29.9 Å². The molecule has 0 spiro atoms. The maximum Gasteiger partial charge on any atom is 0.149 e. The van der Waals surface area contributed by atoms with E-state index in [1.165, 1.54) is 37.0 Å². The molecule has 1 aliphatic carbocycles. The van der Waals surface area contributed by atoms with Gasteiger partial charge in [0.25, 0.3) is 0 Å². The molecule has 3 heteroatoms. The van der Waals surface area contributed by atoms with Crippen LogP contribution in [0.25, 0.3) is 10.7 Å². The predicted molar refractivity (Wildman–Crippen MR) is 72.1 cm³/mol. The van der Waals surface area contributed by atoms with E-state index in [9.17, 15) is 0 Å². The lowest BCUT2D eigenvalue weighted by Crippen LogP contribution is -2.14. The number of thiophene rings is 1. The molecular formula is C14H18N2S. The Morgan fingerprint density at radius 2 is 2.18 bits per heavy atom. The van der Waals surface area contributed by atoms with Gasteiger partial charge in [-0.15, -0.1) is 11.3 Å². The molecule has 90 valence electrons. The molecule has 1 aliphatic rings. The summed E-state index contributed by atoms with van der Waals surface area (Å²) >= 11 is 1.77. The molecule has 2 nitrogen and oxygen atoms in total. The summed E-state index contributed by atoms with van der Waals surface area (Å²) in [6.45, 7) is 1.15. The Kier molecular flexibility index (Phi) is 3.27. The minimum Gasteiger partial charge on any atom is -0.330 e. The van der Waals surface area contributed by atoms with Crippen molar-refractivity contribution >= 4 is 11.3 Å². The third-order valence-electron chi connectivity index (χ3n) is 3.64. The topological polar surface area (TPSA) is 17.8 Å². The molecule has 2 heterocycles. The molecule has 2 aromatic rings. The van der Waals surface area contributed by atoms with Crippen LogP contribution in [0.1, 0.15) is 32.1 Å². The molecule has 1 saturated carbocycles. The number of hydrogen-bond acceptors (Lipinski definition) is 2. The van der Waals surface area contributed by atoms with Gasteiger partial charge in [0.15, 0.2) is 0 Å². The van der Waals surface area contributed by atoms with Crippen LogP contribution >= 0.6 is 11.3 Å². The minimum atomic E-state index is 0.858. The summed E-state index contributed by atoms with van der Waals surface area (Å²) in [6, 6.07) is 4.25. The van der Waals surface area contributed by atoms with Gasteiger partial charge >= 0.3 is 0 Å². The fourth-order valence-corrected chi connectivity index (χ4v) is 3.47. The molecule has 3 rings (SSSR count). The molecule has 0 aromatic carbocycles. The molecule has 0 bridgehead atoms. The van der Waals surface area contributed by atoms with Crippen molar-refractivity contribution in [2.75, 3.05) is 0 Å². The highest BCUT2D eigenvalue weighted by molar-refractivity contribution is 7.13. The fraction of sp³-hybridized carbons (Fsp3) is 0.500. The highest BCUT2D eigenvalue weighted by Crippen LogP contribution is 2.28. The second-order valence-corrected chi connectivity index (χ2v) is 5.83. The van der Waals surface area contributed by atoms with Crippen LogP contribution in [0.2, 0.25) is 0 Å². The molecule has 0 amide bonds. The van der Waals surface area contributed by atoms with E-state index in [-0.39, 0.29) is 0 Å². The van der Waals surface area contributed by atoms with Crippen molar-refractivity contribution in [3.05, 3.63) is 29.9 Å². The Bertz CT molecular complexity index is 452. The SMILES string of the molecule is c1csc(-c2nccn2CC2CCCCC2)c1. The van der Waals surface area contributed by atoms with E-state index < -0.39 is 0 Å². The zero-order valence-corrected chi connectivity index (χ0v) is 10.8. The maximum atomic E-state index is 4.50. The van der Waals surface area contributed by atoms with Crippen molar-refractivity contribution in [2.45, 2.75) is 38.6 Å². The molecule has 1 fully saturated rings. The third-order valence-corrected chi connectivity index (χ3v) is 4.50. The van der Waals surface area contributed by atoms with E-state index in [0.717, 1.165) is 18.3 Å². The first-order valence-corrected chi connectivity index (χ1v) is 7.36. The van der Waals surface area contributed by atoms with Crippen molar-refractivity contribution in [3.63, 3.8) is 0 Å². The highest BCUT2D eigenvalue weighted by Gasteiger charge is 2.16. The van der Waals surface area contributed by atoms with Gasteiger partial charge in [-0.1, -0.05) is 25.3 Å². The Morgan fingerprint density at radius 1 is 1.29 bits per heavy atom. The third kappa shape index (κ3) is 2.44. The maximum absolute atomic E-state index is 4.50. The second kappa shape index (κ2) is 5.05. The van der Waals surface area contributed by atoms with E-state index in [4.69, 9.17) is 0 Å². The largest absolute Gasteiger partial charge is 0.330 e. The van der Waals surface area contributed by atoms with Gasteiger partial charge in [0.05, 0.1) is 4.88 Å². The summed E-state index contributed by atoms with van der Waals surface area (Å²) in [5.41, 5.74) is 0. The standard InChI is InChI=1S/C14H18N2S/c1-2-5-12(6-3-1)11-16-9-8-15-14(16)13-7-4-10-17-13/h4,7-10,12H,1-3,5-6,11H2. The zero-order valence-electron chi connectivity index (χ0n) is 10.0. The van der Waals surface area contributed by atoms with Crippen LogP contribution in [0.3, 0.4) is 0 Å². The number of rotatable bonds is 3. The van der Waals surface area contributed by atoms with Gasteiger partial charge in [0.2, 0.25) is 0 Å². The van der Waals surface area contributed by atoms with Gasteiger partial charge in [0, 0.05) is 18.9 Å². The van der Waals surface area contributed by atoms with Crippen LogP contribution in [-0.2, 0) is 6.54 Å². The lowest BCUT2D eigenvalue weighted by atomic mass is 9.89. The lowest BCUT2D eigenvalue weighted by Gasteiger charge is -2.22. The molecule has 0 aliphatic heterocycles. The molecule has 2 aromatic heterocycles. The molecule has 0 saturated heterocycles.